The summed E-state index contributed by atoms with van der Waals surface area (Å²) in [5, 5.41) is 2.60. The molecule has 1 N–H and O–H groups in total. The molecule has 0 atom stereocenters. The van der Waals surface area contributed by atoms with Crippen LogP contribution in [0, 0.1) is 5.82 Å². The first kappa shape index (κ1) is 16.0. The van der Waals surface area contributed by atoms with Crippen LogP contribution >= 0.6 is 0 Å². The van der Waals surface area contributed by atoms with Crippen molar-refractivity contribution < 1.29 is 14.0 Å². The molecule has 0 radical (unpaired) electrons. The topological polar surface area (TPSA) is 52.7 Å². The van der Waals surface area contributed by atoms with E-state index in [0.717, 1.165) is 5.69 Å². The van der Waals surface area contributed by atoms with Gasteiger partial charge in [0.2, 0.25) is 0 Å². The van der Waals surface area contributed by atoms with E-state index in [4.69, 9.17) is 0 Å². The number of piperazine rings is 1. The fraction of sp³-hybridized carbons (Fsp3) is 0.222. The summed E-state index contributed by atoms with van der Waals surface area (Å²) in [6.07, 6.45) is 0. The summed E-state index contributed by atoms with van der Waals surface area (Å²) in [5.74, 6) is -1.43. The molecule has 2 aromatic rings. The van der Waals surface area contributed by atoms with Crippen LogP contribution in [0.25, 0.3) is 0 Å². The molecular weight excluding hydrogens is 309 g/mol. The molecule has 124 valence electrons. The fourth-order valence-corrected chi connectivity index (χ4v) is 2.67. The number of carbonyl (C=O) groups is 2. The highest BCUT2D eigenvalue weighted by atomic mass is 19.1. The maximum Gasteiger partial charge on any atom is 0.313 e. The molecule has 1 heterocycles. The van der Waals surface area contributed by atoms with Crippen LogP contribution in [0.5, 0.6) is 0 Å². The van der Waals surface area contributed by atoms with Gasteiger partial charge in [-0.25, -0.2) is 4.39 Å². The molecule has 0 spiro atoms. The quantitative estimate of drug-likeness (QED) is 0.860. The zero-order valence-electron chi connectivity index (χ0n) is 13.1. The van der Waals surface area contributed by atoms with E-state index in [2.05, 4.69) is 10.2 Å². The maximum absolute atomic E-state index is 13.0. The number of amides is 2. The minimum atomic E-state index is -0.628. The third-order valence-electron chi connectivity index (χ3n) is 3.98. The van der Waals surface area contributed by atoms with Gasteiger partial charge in [0, 0.05) is 37.6 Å². The van der Waals surface area contributed by atoms with Crippen LogP contribution in [0.4, 0.5) is 15.8 Å². The molecule has 0 unspecified atom stereocenters. The molecule has 0 bridgehead atoms. The Morgan fingerprint density at radius 2 is 1.50 bits per heavy atom. The Morgan fingerprint density at radius 1 is 0.875 bits per heavy atom. The highest BCUT2D eigenvalue weighted by Gasteiger charge is 2.26. The van der Waals surface area contributed by atoms with Gasteiger partial charge in [-0.3, -0.25) is 9.59 Å². The molecule has 6 heteroatoms. The SMILES string of the molecule is O=C(Nc1ccccc1)C(=O)N1CCN(c2ccc(F)cc2)CC1. The first-order valence-electron chi connectivity index (χ1n) is 7.79. The van der Waals surface area contributed by atoms with Gasteiger partial charge in [-0.2, -0.15) is 0 Å². The number of carbonyl (C=O) groups excluding carboxylic acids is 2. The van der Waals surface area contributed by atoms with Gasteiger partial charge in [0.25, 0.3) is 0 Å². The van der Waals surface area contributed by atoms with E-state index in [-0.39, 0.29) is 5.82 Å². The van der Waals surface area contributed by atoms with E-state index in [1.54, 1.807) is 36.4 Å². The lowest BCUT2D eigenvalue weighted by Crippen LogP contribution is -2.51. The van der Waals surface area contributed by atoms with Gasteiger partial charge in [0.1, 0.15) is 5.82 Å². The molecule has 1 saturated heterocycles. The van der Waals surface area contributed by atoms with Gasteiger partial charge in [-0.1, -0.05) is 18.2 Å². The smallest absolute Gasteiger partial charge is 0.313 e. The number of halogens is 1. The molecule has 0 aliphatic carbocycles. The normalized spacial score (nSPS) is 14.4. The van der Waals surface area contributed by atoms with Gasteiger partial charge in [-0.05, 0) is 36.4 Å². The van der Waals surface area contributed by atoms with Crippen LogP contribution in [-0.4, -0.2) is 42.9 Å². The Balaban J connectivity index is 1.55. The van der Waals surface area contributed by atoms with Crippen molar-refractivity contribution in [1.29, 1.82) is 0 Å². The number of para-hydroxylation sites is 1. The lowest BCUT2D eigenvalue weighted by atomic mass is 10.2. The maximum atomic E-state index is 13.0. The first-order chi connectivity index (χ1) is 11.6. The second kappa shape index (κ2) is 7.12. The van der Waals surface area contributed by atoms with E-state index in [1.165, 1.54) is 17.0 Å². The predicted molar refractivity (Wildman–Crippen MR) is 90.3 cm³/mol. The zero-order valence-corrected chi connectivity index (χ0v) is 13.1. The minimum absolute atomic E-state index is 0.273. The summed E-state index contributed by atoms with van der Waals surface area (Å²) in [5.41, 5.74) is 1.51. The number of anilines is 2. The van der Waals surface area contributed by atoms with E-state index < -0.39 is 11.8 Å². The second-order valence-corrected chi connectivity index (χ2v) is 5.58. The standard InChI is InChI=1S/C18H18FN3O2/c19-14-6-8-16(9-7-14)21-10-12-22(13-11-21)18(24)17(23)20-15-4-2-1-3-5-15/h1-9H,10-13H2,(H,20,23). The van der Waals surface area contributed by atoms with E-state index >= 15 is 0 Å². The van der Waals surface area contributed by atoms with Crippen LogP contribution in [0.15, 0.2) is 54.6 Å². The van der Waals surface area contributed by atoms with Crippen molar-refractivity contribution in [2.45, 2.75) is 0 Å². The minimum Gasteiger partial charge on any atom is -0.368 e. The molecule has 24 heavy (non-hydrogen) atoms. The third kappa shape index (κ3) is 3.71. The number of nitrogens with one attached hydrogen (secondary N) is 1. The molecule has 2 aromatic carbocycles. The largest absolute Gasteiger partial charge is 0.368 e. The number of nitrogens with zero attached hydrogens (tertiary/aromatic N) is 2. The Kier molecular flexibility index (Phi) is 4.74. The summed E-state index contributed by atoms with van der Waals surface area (Å²) in [6.45, 7) is 2.13. The highest BCUT2D eigenvalue weighted by molar-refractivity contribution is 6.39. The van der Waals surface area contributed by atoms with Crippen molar-refractivity contribution in [3.05, 3.63) is 60.4 Å². The Hall–Kier alpha value is -2.89. The number of benzene rings is 2. The zero-order chi connectivity index (χ0) is 16.9. The summed E-state index contributed by atoms with van der Waals surface area (Å²) in [7, 11) is 0. The van der Waals surface area contributed by atoms with Crippen molar-refractivity contribution in [1.82, 2.24) is 4.90 Å². The van der Waals surface area contributed by atoms with Crippen molar-refractivity contribution in [3.8, 4) is 0 Å². The summed E-state index contributed by atoms with van der Waals surface area (Å²) in [4.78, 5) is 27.9. The third-order valence-corrected chi connectivity index (χ3v) is 3.98. The second-order valence-electron chi connectivity index (χ2n) is 5.58. The average Bonchev–Trinajstić information content (AvgIpc) is 2.63. The summed E-state index contributed by atoms with van der Waals surface area (Å²) < 4.78 is 13.0. The Bertz CT molecular complexity index is 711. The van der Waals surface area contributed by atoms with Gasteiger partial charge in [0.05, 0.1) is 0 Å². The summed E-state index contributed by atoms with van der Waals surface area (Å²) in [6, 6.07) is 15.2. The molecule has 2 amide bonds. The average molecular weight is 327 g/mol. The van der Waals surface area contributed by atoms with Crippen LogP contribution < -0.4 is 10.2 Å². The molecule has 1 aliphatic rings. The fourth-order valence-electron chi connectivity index (χ4n) is 2.67. The van der Waals surface area contributed by atoms with Crippen molar-refractivity contribution in [3.63, 3.8) is 0 Å². The molecule has 5 nitrogen and oxygen atoms in total. The van der Waals surface area contributed by atoms with E-state index in [1.807, 2.05) is 6.07 Å². The predicted octanol–water partition coefficient (Wildman–Crippen LogP) is 2.11. The van der Waals surface area contributed by atoms with Crippen molar-refractivity contribution in [2.24, 2.45) is 0 Å². The lowest BCUT2D eigenvalue weighted by molar-refractivity contribution is -0.143. The van der Waals surface area contributed by atoms with Gasteiger partial charge in [0.15, 0.2) is 0 Å². The highest BCUT2D eigenvalue weighted by Crippen LogP contribution is 2.17. The molecule has 0 saturated carbocycles. The van der Waals surface area contributed by atoms with Crippen LogP contribution in [0.1, 0.15) is 0 Å². The first-order valence-corrected chi connectivity index (χ1v) is 7.79. The van der Waals surface area contributed by atoms with Crippen molar-refractivity contribution >= 4 is 23.2 Å². The monoisotopic (exact) mass is 327 g/mol. The molecular formula is C18H18FN3O2. The van der Waals surface area contributed by atoms with Crippen LogP contribution in [-0.2, 0) is 9.59 Å². The Morgan fingerprint density at radius 3 is 2.12 bits per heavy atom. The lowest BCUT2D eigenvalue weighted by Gasteiger charge is -2.35. The summed E-state index contributed by atoms with van der Waals surface area (Å²) >= 11 is 0. The van der Waals surface area contributed by atoms with Gasteiger partial charge in [-0.15, -0.1) is 0 Å². The number of hydrogen-bond acceptors (Lipinski definition) is 3. The van der Waals surface area contributed by atoms with Crippen LogP contribution in [0.3, 0.4) is 0 Å². The van der Waals surface area contributed by atoms with Crippen molar-refractivity contribution in [2.75, 3.05) is 36.4 Å². The Labute approximate surface area is 139 Å². The van der Waals surface area contributed by atoms with Gasteiger partial charge >= 0.3 is 11.8 Å². The molecule has 1 aliphatic heterocycles. The van der Waals surface area contributed by atoms with E-state index in [0.29, 0.717) is 31.9 Å². The van der Waals surface area contributed by atoms with Crippen LogP contribution in [0.2, 0.25) is 0 Å². The molecule has 0 aromatic heterocycles. The molecule has 3 rings (SSSR count). The van der Waals surface area contributed by atoms with Gasteiger partial charge < -0.3 is 15.1 Å². The molecule has 1 fully saturated rings. The number of rotatable bonds is 2. The number of hydrogen-bond donors (Lipinski definition) is 1. The van der Waals surface area contributed by atoms with E-state index in [9.17, 15) is 14.0 Å².